The van der Waals surface area contributed by atoms with Crippen molar-refractivity contribution in [2.24, 2.45) is 0 Å². The van der Waals surface area contributed by atoms with Crippen LogP contribution >= 0.6 is 0 Å². The number of pyridine rings is 1. The summed E-state index contributed by atoms with van der Waals surface area (Å²) in [7, 11) is 1.41. The topological polar surface area (TPSA) is 116 Å². The lowest BCUT2D eigenvalue weighted by Crippen LogP contribution is -2.28. The molecule has 1 unspecified atom stereocenters. The Morgan fingerprint density at radius 1 is 1.20 bits per heavy atom. The number of carbonyl (C=O) groups excluding carboxylic acids is 1. The van der Waals surface area contributed by atoms with Crippen LogP contribution in [0.4, 0.5) is 52.2 Å². The van der Waals surface area contributed by atoms with E-state index in [1.807, 2.05) is 4.90 Å². The van der Waals surface area contributed by atoms with Gasteiger partial charge < -0.3 is 26.0 Å². The Morgan fingerprint density at radius 3 is 2.73 bits per heavy atom. The summed E-state index contributed by atoms with van der Waals surface area (Å²) in [5.74, 6) is -0.389. The molecule has 1 atom stereocenters. The minimum absolute atomic E-state index is 0.0954. The number of carbonyl (C=O) groups is 1. The van der Waals surface area contributed by atoms with Gasteiger partial charge in [0, 0.05) is 43.2 Å². The fourth-order valence-electron chi connectivity index (χ4n) is 4.12. The predicted molar refractivity (Wildman–Crippen MR) is 144 cm³/mol. The highest BCUT2D eigenvalue weighted by Crippen LogP contribution is 2.36. The minimum Gasteiger partial charge on any atom is -0.479 e. The first-order valence-corrected chi connectivity index (χ1v) is 12.3. The molecule has 0 aliphatic carbocycles. The van der Waals surface area contributed by atoms with E-state index in [0.717, 1.165) is 19.0 Å². The highest BCUT2D eigenvalue weighted by molar-refractivity contribution is 5.99. The standard InChI is InChI=1S/C26H28F4N8O2/c1-3-22(39)33-16-5-4-6-17(13-16)34-23-19(26(28,29)30)14-31-25(37-23)35-20-7-8-21(36-24(20)40-2)32-18-9-11-38(15-18)12-10-27/h3-8,13-14,18H,1,9-12,15H2,2H3,(H,32,36)(H,33,39)(H2,31,34,35,37). The second-order valence-electron chi connectivity index (χ2n) is 8.85. The van der Waals surface area contributed by atoms with Crippen LogP contribution in [0.15, 0.2) is 55.3 Å². The first kappa shape index (κ1) is 28.5. The maximum atomic E-state index is 13.7. The van der Waals surface area contributed by atoms with Crippen LogP contribution in [0.25, 0.3) is 0 Å². The highest BCUT2D eigenvalue weighted by atomic mass is 19.4. The molecule has 1 amide bonds. The van der Waals surface area contributed by atoms with Crippen LogP contribution in [-0.2, 0) is 11.0 Å². The van der Waals surface area contributed by atoms with E-state index in [-0.39, 0.29) is 23.6 Å². The molecule has 10 nitrogen and oxygen atoms in total. The summed E-state index contributed by atoms with van der Waals surface area (Å²) in [6.07, 6.45) is -2.15. The smallest absolute Gasteiger partial charge is 0.421 e. The lowest BCUT2D eigenvalue weighted by molar-refractivity contribution is -0.137. The van der Waals surface area contributed by atoms with E-state index >= 15 is 0 Å². The molecule has 0 spiro atoms. The Hall–Kier alpha value is -4.46. The monoisotopic (exact) mass is 560 g/mol. The third kappa shape index (κ3) is 7.34. The molecular weight excluding hydrogens is 532 g/mol. The van der Waals surface area contributed by atoms with Crippen molar-refractivity contribution in [3.8, 4) is 5.88 Å². The summed E-state index contributed by atoms with van der Waals surface area (Å²) in [5, 5.41) is 11.4. The van der Waals surface area contributed by atoms with Crippen molar-refractivity contribution in [2.75, 3.05) is 54.7 Å². The number of ether oxygens (including phenoxy) is 1. The van der Waals surface area contributed by atoms with Crippen LogP contribution in [0, 0.1) is 0 Å². The fourth-order valence-corrected chi connectivity index (χ4v) is 4.12. The Morgan fingerprint density at radius 2 is 2.00 bits per heavy atom. The maximum Gasteiger partial charge on any atom is 0.421 e. The minimum atomic E-state index is -4.73. The molecule has 1 aliphatic heterocycles. The summed E-state index contributed by atoms with van der Waals surface area (Å²) >= 11 is 0. The van der Waals surface area contributed by atoms with Gasteiger partial charge in [0.1, 0.15) is 29.6 Å². The van der Waals surface area contributed by atoms with Crippen LogP contribution in [0.5, 0.6) is 5.88 Å². The molecule has 3 heterocycles. The van der Waals surface area contributed by atoms with Crippen molar-refractivity contribution < 1.29 is 27.1 Å². The molecule has 14 heteroatoms. The summed E-state index contributed by atoms with van der Waals surface area (Å²) in [6.45, 7) is 4.83. The summed E-state index contributed by atoms with van der Waals surface area (Å²) < 4.78 is 59.2. The largest absolute Gasteiger partial charge is 0.479 e. The second-order valence-corrected chi connectivity index (χ2v) is 8.85. The molecule has 1 saturated heterocycles. The van der Waals surface area contributed by atoms with Crippen molar-refractivity contribution in [3.05, 3.63) is 60.8 Å². The van der Waals surface area contributed by atoms with Gasteiger partial charge in [-0.2, -0.15) is 23.1 Å². The number of nitrogens with zero attached hydrogens (tertiary/aromatic N) is 4. The van der Waals surface area contributed by atoms with Crippen LogP contribution < -0.4 is 26.0 Å². The number of benzene rings is 1. The van der Waals surface area contributed by atoms with Crippen molar-refractivity contribution >= 4 is 40.6 Å². The lowest BCUT2D eigenvalue weighted by Gasteiger charge is -2.17. The maximum absolute atomic E-state index is 13.7. The van der Waals surface area contributed by atoms with E-state index < -0.39 is 30.1 Å². The zero-order valence-electron chi connectivity index (χ0n) is 21.6. The van der Waals surface area contributed by atoms with Gasteiger partial charge in [-0.3, -0.25) is 9.69 Å². The first-order valence-electron chi connectivity index (χ1n) is 12.3. The molecule has 4 rings (SSSR count). The van der Waals surface area contributed by atoms with E-state index in [1.165, 1.54) is 19.2 Å². The van der Waals surface area contributed by atoms with E-state index in [4.69, 9.17) is 4.74 Å². The zero-order chi connectivity index (χ0) is 28.7. The molecule has 4 N–H and O–H groups in total. The van der Waals surface area contributed by atoms with Gasteiger partial charge in [0.05, 0.1) is 7.11 Å². The number of halogens is 4. The van der Waals surface area contributed by atoms with Gasteiger partial charge in [-0.15, -0.1) is 0 Å². The Bertz CT molecular complexity index is 1350. The molecule has 3 aromatic rings. The number of nitrogens with one attached hydrogen (secondary N) is 4. The number of likely N-dealkylation sites (tertiary alicyclic amines) is 1. The van der Waals surface area contributed by atoms with Crippen molar-refractivity contribution in [1.82, 2.24) is 19.9 Å². The van der Waals surface area contributed by atoms with E-state index in [0.29, 0.717) is 36.5 Å². The molecule has 0 bridgehead atoms. The molecule has 212 valence electrons. The fraction of sp³-hybridized carbons (Fsp3) is 0.308. The number of rotatable bonds is 11. The summed E-state index contributed by atoms with van der Waals surface area (Å²) in [5.41, 5.74) is -0.142. The number of aromatic nitrogens is 3. The van der Waals surface area contributed by atoms with Gasteiger partial charge >= 0.3 is 6.18 Å². The number of alkyl halides is 4. The van der Waals surface area contributed by atoms with E-state index in [1.54, 1.807) is 24.3 Å². The lowest BCUT2D eigenvalue weighted by atomic mass is 10.2. The summed E-state index contributed by atoms with van der Waals surface area (Å²) in [4.78, 5) is 25.9. The Balaban J connectivity index is 1.54. The molecule has 0 saturated carbocycles. The molecule has 1 fully saturated rings. The van der Waals surface area contributed by atoms with Gasteiger partial charge in [-0.25, -0.2) is 9.37 Å². The van der Waals surface area contributed by atoms with Crippen LogP contribution in [0.2, 0.25) is 0 Å². The summed E-state index contributed by atoms with van der Waals surface area (Å²) in [6, 6.07) is 9.55. The predicted octanol–water partition coefficient (Wildman–Crippen LogP) is 4.97. The number of hydrogen-bond donors (Lipinski definition) is 4. The van der Waals surface area contributed by atoms with Gasteiger partial charge in [-0.05, 0) is 42.8 Å². The average molecular weight is 561 g/mol. The van der Waals surface area contributed by atoms with Gasteiger partial charge in [0.25, 0.3) is 0 Å². The number of methoxy groups -OCH3 is 1. The van der Waals surface area contributed by atoms with Crippen LogP contribution in [0.3, 0.4) is 0 Å². The molecule has 1 aromatic carbocycles. The third-order valence-corrected chi connectivity index (χ3v) is 6.00. The SMILES string of the molecule is C=CC(=O)Nc1cccc(Nc2nc(Nc3ccc(NC4CCN(CCF)C4)nc3OC)ncc2C(F)(F)F)c1. The van der Waals surface area contributed by atoms with E-state index in [9.17, 15) is 22.4 Å². The normalized spacial score (nSPS) is 15.4. The van der Waals surface area contributed by atoms with Crippen LogP contribution in [-0.4, -0.2) is 65.2 Å². The third-order valence-electron chi connectivity index (χ3n) is 6.00. The van der Waals surface area contributed by atoms with Crippen molar-refractivity contribution in [1.29, 1.82) is 0 Å². The average Bonchev–Trinajstić information content (AvgIpc) is 3.36. The Kier molecular flexibility index (Phi) is 8.99. The molecule has 2 aromatic heterocycles. The first-order chi connectivity index (χ1) is 19.2. The molecule has 1 aliphatic rings. The highest BCUT2D eigenvalue weighted by Gasteiger charge is 2.35. The van der Waals surface area contributed by atoms with Gasteiger partial charge in [-0.1, -0.05) is 12.6 Å². The van der Waals surface area contributed by atoms with Crippen molar-refractivity contribution in [2.45, 2.75) is 18.6 Å². The molecule has 0 radical (unpaired) electrons. The van der Waals surface area contributed by atoms with Gasteiger partial charge in [0.2, 0.25) is 17.7 Å². The Labute approximate surface area is 227 Å². The number of anilines is 6. The van der Waals surface area contributed by atoms with E-state index in [2.05, 4.69) is 42.8 Å². The number of hydrogen-bond acceptors (Lipinski definition) is 9. The van der Waals surface area contributed by atoms with Crippen LogP contribution in [0.1, 0.15) is 12.0 Å². The number of amides is 1. The molecule has 40 heavy (non-hydrogen) atoms. The van der Waals surface area contributed by atoms with Crippen molar-refractivity contribution in [3.63, 3.8) is 0 Å². The van der Waals surface area contributed by atoms with Gasteiger partial charge in [0.15, 0.2) is 0 Å². The quantitative estimate of drug-likeness (QED) is 0.191. The zero-order valence-corrected chi connectivity index (χ0v) is 21.6. The molecular formula is C26H28F4N8O2. The second kappa shape index (κ2) is 12.6.